The van der Waals surface area contributed by atoms with E-state index < -0.39 is 0 Å². The first kappa shape index (κ1) is 17.6. The molecule has 0 bridgehead atoms. The van der Waals surface area contributed by atoms with Crippen LogP contribution in [-0.4, -0.2) is 44.3 Å². The van der Waals surface area contributed by atoms with Gasteiger partial charge in [-0.2, -0.15) is 10.2 Å². The SMILES string of the molecule is O=C(c1n[nH]c2ccccc12)N1CCC[C@@H](c2[nH]ncc2-c2ccc(F)cc2)C1. The van der Waals surface area contributed by atoms with Crippen molar-refractivity contribution >= 4 is 16.8 Å². The first-order valence-corrected chi connectivity index (χ1v) is 9.72. The average Bonchev–Trinajstić information content (AvgIpc) is 3.41. The van der Waals surface area contributed by atoms with Crippen molar-refractivity contribution in [3.05, 3.63) is 71.9 Å². The minimum Gasteiger partial charge on any atom is -0.337 e. The molecule has 0 saturated carbocycles. The molecule has 0 aliphatic carbocycles. The number of aromatic nitrogens is 4. The number of fused-ring (bicyclic) bond motifs is 1. The Bertz CT molecular complexity index is 1160. The summed E-state index contributed by atoms with van der Waals surface area (Å²) in [5.74, 6) is -0.185. The summed E-state index contributed by atoms with van der Waals surface area (Å²) in [6.45, 7) is 1.30. The highest BCUT2D eigenvalue weighted by molar-refractivity contribution is 6.04. The van der Waals surface area contributed by atoms with E-state index in [0.29, 0.717) is 18.8 Å². The summed E-state index contributed by atoms with van der Waals surface area (Å²) < 4.78 is 13.3. The lowest BCUT2D eigenvalue weighted by Crippen LogP contribution is -2.39. The predicted octanol–water partition coefficient (Wildman–Crippen LogP) is 4.11. The molecule has 146 valence electrons. The third-order valence-electron chi connectivity index (χ3n) is 5.61. The number of piperidine rings is 1. The van der Waals surface area contributed by atoms with Gasteiger partial charge < -0.3 is 4.90 Å². The van der Waals surface area contributed by atoms with Gasteiger partial charge in [-0.1, -0.05) is 30.3 Å². The normalized spacial score (nSPS) is 17.0. The highest BCUT2D eigenvalue weighted by Gasteiger charge is 2.29. The van der Waals surface area contributed by atoms with Crippen LogP contribution in [0.2, 0.25) is 0 Å². The van der Waals surface area contributed by atoms with Crippen molar-refractivity contribution < 1.29 is 9.18 Å². The first-order valence-electron chi connectivity index (χ1n) is 9.72. The van der Waals surface area contributed by atoms with Crippen molar-refractivity contribution in [3.8, 4) is 11.1 Å². The second-order valence-corrected chi connectivity index (χ2v) is 7.41. The number of likely N-dealkylation sites (tertiary alicyclic amines) is 1. The van der Waals surface area contributed by atoms with Gasteiger partial charge in [0.05, 0.1) is 11.7 Å². The number of carbonyl (C=O) groups is 1. The van der Waals surface area contributed by atoms with Crippen LogP contribution in [0.4, 0.5) is 4.39 Å². The van der Waals surface area contributed by atoms with E-state index >= 15 is 0 Å². The molecular formula is C22H20FN5O. The van der Waals surface area contributed by atoms with Gasteiger partial charge in [0.15, 0.2) is 5.69 Å². The van der Waals surface area contributed by atoms with E-state index in [1.54, 1.807) is 18.3 Å². The summed E-state index contributed by atoms with van der Waals surface area (Å²) in [4.78, 5) is 15.0. The molecule has 0 spiro atoms. The number of rotatable bonds is 3. The molecule has 29 heavy (non-hydrogen) atoms. The molecule has 1 fully saturated rings. The standard InChI is InChI=1S/C22H20FN5O/c23-16-9-7-14(8-10-16)18-12-24-26-20(18)15-4-3-11-28(13-15)22(29)21-17-5-1-2-6-19(17)25-27-21/h1-2,5-10,12,15H,3-4,11,13H2,(H,24,26)(H,25,27)/t15-/m1/s1. The number of hydrogen-bond donors (Lipinski definition) is 2. The quantitative estimate of drug-likeness (QED) is 0.553. The Balaban J connectivity index is 1.41. The second kappa shape index (κ2) is 7.16. The predicted molar refractivity (Wildman–Crippen MR) is 108 cm³/mol. The van der Waals surface area contributed by atoms with Gasteiger partial charge in [0.25, 0.3) is 5.91 Å². The zero-order chi connectivity index (χ0) is 19.8. The number of aromatic amines is 2. The number of benzene rings is 2. The Morgan fingerprint density at radius 1 is 1.10 bits per heavy atom. The van der Waals surface area contributed by atoms with Crippen molar-refractivity contribution in [2.45, 2.75) is 18.8 Å². The lowest BCUT2D eigenvalue weighted by Gasteiger charge is -2.32. The van der Waals surface area contributed by atoms with Crippen LogP contribution < -0.4 is 0 Å². The largest absolute Gasteiger partial charge is 0.337 e. The molecule has 1 saturated heterocycles. The van der Waals surface area contributed by atoms with Crippen molar-refractivity contribution in [2.24, 2.45) is 0 Å². The van der Waals surface area contributed by atoms with E-state index in [9.17, 15) is 9.18 Å². The fourth-order valence-electron chi connectivity index (χ4n) is 4.14. The van der Waals surface area contributed by atoms with E-state index in [4.69, 9.17) is 0 Å². The summed E-state index contributed by atoms with van der Waals surface area (Å²) in [6, 6.07) is 14.1. The number of nitrogens with zero attached hydrogens (tertiary/aromatic N) is 3. The number of para-hydroxylation sites is 1. The van der Waals surface area contributed by atoms with Gasteiger partial charge in [-0.3, -0.25) is 15.0 Å². The van der Waals surface area contributed by atoms with Crippen LogP contribution in [0.15, 0.2) is 54.7 Å². The van der Waals surface area contributed by atoms with Gasteiger partial charge in [-0.25, -0.2) is 4.39 Å². The average molecular weight is 389 g/mol. The van der Waals surface area contributed by atoms with Gasteiger partial charge in [-0.15, -0.1) is 0 Å². The topological polar surface area (TPSA) is 77.7 Å². The van der Waals surface area contributed by atoms with E-state index in [1.165, 1.54) is 12.1 Å². The van der Waals surface area contributed by atoms with Crippen LogP contribution in [0.3, 0.4) is 0 Å². The van der Waals surface area contributed by atoms with Crippen molar-refractivity contribution in [3.63, 3.8) is 0 Å². The van der Waals surface area contributed by atoms with Crippen molar-refractivity contribution in [1.29, 1.82) is 0 Å². The monoisotopic (exact) mass is 389 g/mol. The Labute approximate surface area is 166 Å². The fraction of sp³-hybridized carbons (Fsp3) is 0.227. The van der Waals surface area contributed by atoms with Gasteiger partial charge in [0, 0.05) is 35.7 Å². The molecule has 1 aliphatic heterocycles. The van der Waals surface area contributed by atoms with Crippen LogP contribution >= 0.6 is 0 Å². The molecule has 1 amide bonds. The third kappa shape index (κ3) is 3.18. The number of carbonyl (C=O) groups excluding carboxylic acids is 1. The van der Waals surface area contributed by atoms with Crippen LogP contribution in [0, 0.1) is 5.82 Å². The van der Waals surface area contributed by atoms with Crippen molar-refractivity contribution in [1.82, 2.24) is 25.3 Å². The Hall–Kier alpha value is -3.48. The number of halogens is 1. The van der Waals surface area contributed by atoms with Crippen molar-refractivity contribution in [2.75, 3.05) is 13.1 Å². The summed E-state index contributed by atoms with van der Waals surface area (Å²) in [5.41, 5.74) is 4.17. The number of H-pyrrole nitrogens is 2. The Morgan fingerprint density at radius 3 is 2.79 bits per heavy atom. The van der Waals surface area contributed by atoms with Gasteiger partial charge in [0.1, 0.15) is 5.82 Å². The minimum atomic E-state index is -0.264. The molecule has 2 aromatic heterocycles. The highest BCUT2D eigenvalue weighted by Crippen LogP contribution is 2.33. The summed E-state index contributed by atoms with van der Waals surface area (Å²) in [6.07, 6.45) is 3.63. The molecule has 1 aliphatic rings. The molecule has 7 heteroatoms. The zero-order valence-corrected chi connectivity index (χ0v) is 15.7. The van der Waals surface area contributed by atoms with Crippen LogP contribution in [0.25, 0.3) is 22.0 Å². The van der Waals surface area contributed by atoms with E-state index in [2.05, 4.69) is 20.4 Å². The summed E-state index contributed by atoms with van der Waals surface area (Å²) >= 11 is 0. The Morgan fingerprint density at radius 2 is 1.93 bits per heavy atom. The van der Waals surface area contributed by atoms with E-state index in [-0.39, 0.29) is 17.6 Å². The molecular weight excluding hydrogens is 369 g/mol. The summed E-state index contributed by atoms with van der Waals surface area (Å²) in [7, 11) is 0. The lowest BCUT2D eigenvalue weighted by molar-refractivity contribution is 0.0702. The third-order valence-corrected chi connectivity index (χ3v) is 5.61. The second-order valence-electron chi connectivity index (χ2n) is 7.41. The number of amides is 1. The molecule has 1 atom stereocenters. The summed E-state index contributed by atoms with van der Waals surface area (Å²) in [5, 5.41) is 15.4. The molecule has 0 radical (unpaired) electrons. The maximum absolute atomic E-state index is 13.3. The van der Waals surface area contributed by atoms with Gasteiger partial charge in [-0.05, 0) is 36.6 Å². The fourth-order valence-corrected chi connectivity index (χ4v) is 4.14. The lowest BCUT2D eigenvalue weighted by atomic mass is 9.90. The van der Waals surface area contributed by atoms with Crippen LogP contribution in [0.5, 0.6) is 0 Å². The molecule has 2 N–H and O–H groups in total. The molecule has 0 unspecified atom stereocenters. The molecule has 5 rings (SSSR count). The molecule has 6 nitrogen and oxygen atoms in total. The highest BCUT2D eigenvalue weighted by atomic mass is 19.1. The van der Waals surface area contributed by atoms with E-state index in [1.807, 2.05) is 29.2 Å². The van der Waals surface area contributed by atoms with E-state index in [0.717, 1.165) is 40.6 Å². The van der Waals surface area contributed by atoms with Crippen LogP contribution in [-0.2, 0) is 0 Å². The zero-order valence-electron chi connectivity index (χ0n) is 15.7. The molecule has 2 aromatic carbocycles. The van der Waals surface area contributed by atoms with Crippen LogP contribution in [0.1, 0.15) is 34.9 Å². The Kier molecular flexibility index (Phi) is 4.35. The molecule has 3 heterocycles. The minimum absolute atomic E-state index is 0.0602. The first-order chi connectivity index (χ1) is 14.2. The maximum Gasteiger partial charge on any atom is 0.275 e. The molecule has 4 aromatic rings. The number of hydrogen-bond acceptors (Lipinski definition) is 3. The maximum atomic E-state index is 13.3. The smallest absolute Gasteiger partial charge is 0.275 e. The van der Waals surface area contributed by atoms with Gasteiger partial charge >= 0.3 is 0 Å². The van der Waals surface area contributed by atoms with Gasteiger partial charge in [0.2, 0.25) is 0 Å². The number of nitrogens with one attached hydrogen (secondary N) is 2.